The zero-order chi connectivity index (χ0) is 21.3. The number of carbonyl (C=O) groups is 1. The van der Waals surface area contributed by atoms with E-state index in [2.05, 4.69) is 12.1 Å². The summed E-state index contributed by atoms with van der Waals surface area (Å²) >= 11 is 3.04. The van der Waals surface area contributed by atoms with Crippen LogP contribution in [0, 0.1) is 0 Å². The molecule has 1 atom stereocenters. The number of thiophene rings is 1. The number of hydrogen-bond donors (Lipinski definition) is 0. The highest BCUT2D eigenvalue weighted by Gasteiger charge is 2.24. The van der Waals surface area contributed by atoms with E-state index in [1.54, 1.807) is 34.9 Å². The van der Waals surface area contributed by atoms with Gasteiger partial charge in [0.25, 0.3) is 5.56 Å². The molecule has 0 bridgehead atoms. The Morgan fingerprint density at radius 3 is 2.70 bits per heavy atom. The molecule has 1 aliphatic rings. The molecule has 1 unspecified atom stereocenters. The highest BCUT2D eigenvalue weighted by Crippen LogP contribution is 2.35. The minimum Gasteiger partial charge on any atom is -0.348 e. The van der Waals surface area contributed by atoms with Crippen molar-refractivity contribution in [3.63, 3.8) is 0 Å². The molecular weight excluding hydrogens is 414 g/mol. The highest BCUT2D eigenvalue weighted by molar-refractivity contribution is 8.00. The van der Waals surface area contributed by atoms with Crippen molar-refractivity contribution in [3.05, 3.63) is 56.7 Å². The van der Waals surface area contributed by atoms with Crippen molar-refractivity contribution in [2.75, 3.05) is 14.1 Å². The lowest BCUT2D eigenvalue weighted by Crippen LogP contribution is -2.31. The molecule has 0 aliphatic heterocycles. The van der Waals surface area contributed by atoms with E-state index in [4.69, 9.17) is 4.98 Å². The number of nitrogens with zero attached hydrogens (tertiary/aromatic N) is 3. The van der Waals surface area contributed by atoms with Crippen LogP contribution < -0.4 is 5.56 Å². The molecule has 0 fully saturated rings. The number of hydrogen-bond acceptors (Lipinski definition) is 5. The van der Waals surface area contributed by atoms with Crippen molar-refractivity contribution in [1.29, 1.82) is 0 Å². The van der Waals surface area contributed by atoms with Crippen LogP contribution in [0.15, 0.2) is 40.3 Å². The summed E-state index contributed by atoms with van der Waals surface area (Å²) < 4.78 is 1.79. The van der Waals surface area contributed by atoms with Crippen molar-refractivity contribution in [3.8, 4) is 0 Å². The lowest BCUT2D eigenvalue weighted by atomic mass is 9.97. The van der Waals surface area contributed by atoms with Crippen LogP contribution in [-0.4, -0.2) is 39.7 Å². The molecule has 0 radical (unpaired) electrons. The summed E-state index contributed by atoms with van der Waals surface area (Å²) in [5, 5.41) is 1.14. The van der Waals surface area contributed by atoms with Crippen molar-refractivity contribution in [1.82, 2.24) is 14.5 Å². The van der Waals surface area contributed by atoms with E-state index in [9.17, 15) is 9.59 Å². The average Bonchev–Trinajstić information content (AvgIpc) is 3.12. The number of thioether (sulfide) groups is 1. The van der Waals surface area contributed by atoms with Gasteiger partial charge in [0.15, 0.2) is 5.16 Å². The molecule has 30 heavy (non-hydrogen) atoms. The Hall–Kier alpha value is -2.12. The average molecular weight is 442 g/mol. The second-order valence-electron chi connectivity index (χ2n) is 7.97. The summed E-state index contributed by atoms with van der Waals surface area (Å²) in [5.74, 6) is 0.0226. The van der Waals surface area contributed by atoms with Crippen molar-refractivity contribution >= 4 is 39.2 Å². The molecule has 158 valence electrons. The normalized spacial score (nSPS) is 14.5. The molecule has 7 heteroatoms. The third kappa shape index (κ3) is 4.18. The largest absolute Gasteiger partial charge is 0.348 e. The Morgan fingerprint density at radius 1 is 1.23 bits per heavy atom. The van der Waals surface area contributed by atoms with Gasteiger partial charge in [0.05, 0.1) is 10.6 Å². The Bertz CT molecular complexity index is 1120. The monoisotopic (exact) mass is 441 g/mol. The predicted octanol–water partition coefficient (Wildman–Crippen LogP) is 4.15. The molecule has 0 N–H and O–H groups in total. The molecule has 1 aliphatic carbocycles. The zero-order valence-corrected chi connectivity index (χ0v) is 19.3. The predicted molar refractivity (Wildman–Crippen MR) is 125 cm³/mol. The summed E-state index contributed by atoms with van der Waals surface area (Å²) in [5.41, 5.74) is 2.44. The van der Waals surface area contributed by atoms with Gasteiger partial charge in [-0.05, 0) is 50.2 Å². The number of carbonyl (C=O) groups excluding carboxylic acids is 1. The van der Waals surface area contributed by atoms with Gasteiger partial charge >= 0.3 is 0 Å². The Kier molecular flexibility index (Phi) is 6.29. The summed E-state index contributed by atoms with van der Waals surface area (Å²) in [6.07, 6.45) is 5.07. The van der Waals surface area contributed by atoms with Crippen LogP contribution in [-0.2, 0) is 30.6 Å². The van der Waals surface area contributed by atoms with Crippen LogP contribution in [0.1, 0.15) is 35.8 Å². The second-order valence-corrected chi connectivity index (χ2v) is 10.4. The summed E-state index contributed by atoms with van der Waals surface area (Å²) in [6, 6.07) is 10.2. The topological polar surface area (TPSA) is 55.2 Å². The minimum absolute atomic E-state index is 0.0226. The second kappa shape index (κ2) is 8.94. The minimum atomic E-state index is -0.304. The van der Waals surface area contributed by atoms with E-state index in [1.165, 1.54) is 34.2 Å². The van der Waals surface area contributed by atoms with Gasteiger partial charge in [0.2, 0.25) is 5.91 Å². The van der Waals surface area contributed by atoms with Crippen molar-refractivity contribution < 1.29 is 4.79 Å². The first kappa shape index (κ1) is 21.1. The van der Waals surface area contributed by atoms with Crippen LogP contribution in [0.4, 0.5) is 0 Å². The SMILES string of the molecule is CC(Sc1nc2sc3c(c2c(=O)n1CCc1ccccc1)CCCC3)C(=O)N(C)C. The molecule has 0 saturated heterocycles. The standard InChI is InChI=1S/C23H27N3O2S2/c1-15(21(27)25(2)3)29-23-24-20-19(17-11-7-8-12-18(17)30-20)22(28)26(23)14-13-16-9-5-4-6-10-16/h4-6,9-10,15H,7-8,11-14H2,1-3H3. The van der Waals surface area contributed by atoms with Gasteiger partial charge in [0, 0.05) is 25.5 Å². The van der Waals surface area contributed by atoms with Crippen molar-refractivity contribution in [2.45, 2.75) is 56.0 Å². The summed E-state index contributed by atoms with van der Waals surface area (Å²) in [4.78, 5) is 34.7. The maximum absolute atomic E-state index is 13.6. The van der Waals surface area contributed by atoms with Gasteiger partial charge < -0.3 is 4.90 Å². The molecule has 2 aromatic heterocycles. The first-order chi connectivity index (χ1) is 14.5. The van der Waals surface area contributed by atoms with Gasteiger partial charge in [-0.1, -0.05) is 42.1 Å². The molecule has 1 aromatic carbocycles. The van der Waals surface area contributed by atoms with Crippen LogP contribution in [0.3, 0.4) is 0 Å². The van der Waals surface area contributed by atoms with E-state index >= 15 is 0 Å². The quantitative estimate of drug-likeness (QED) is 0.426. The molecule has 0 spiro atoms. The number of aromatic nitrogens is 2. The third-order valence-corrected chi connectivity index (χ3v) is 7.84. The fraction of sp³-hybridized carbons (Fsp3) is 0.435. The fourth-order valence-corrected chi connectivity index (χ4v) is 6.35. The molecule has 5 nitrogen and oxygen atoms in total. The summed E-state index contributed by atoms with van der Waals surface area (Å²) in [7, 11) is 3.51. The van der Waals surface area contributed by atoms with E-state index in [-0.39, 0.29) is 16.7 Å². The van der Waals surface area contributed by atoms with Gasteiger partial charge in [0.1, 0.15) is 4.83 Å². The lowest BCUT2D eigenvalue weighted by Gasteiger charge is -2.18. The van der Waals surface area contributed by atoms with E-state index in [0.717, 1.165) is 35.9 Å². The molecule has 3 aromatic rings. The van der Waals surface area contributed by atoms with Crippen LogP contribution >= 0.6 is 23.1 Å². The van der Waals surface area contributed by atoms with Gasteiger partial charge in [-0.2, -0.15) is 0 Å². The number of benzene rings is 1. The van der Waals surface area contributed by atoms with Gasteiger partial charge in [-0.15, -0.1) is 11.3 Å². The van der Waals surface area contributed by atoms with E-state index < -0.39 is 0 Å². The Morgan fingerprint density at radius 2 is 1.97 bits per heavy atom. The zero-order valence-electron chi connectivity index (χ0n) is 17.7. The molecule has 0 saturated carbocycles. The van der Waals surface area contributed by atoms with Crippen LogP contribution in [0.25, 0.3) is 10.2 Å². The Balaban J connectivity index is 1.77. The number of fused-ring (bicyclic) bond motifs is 3. The summed E-state index contributed by atoms with van der Waals surface area (Å²) in [6.45, 7) is 2.44. The lowest BCUT2D eigenvalue weighted by molar-refractivity contribution is -0.127. The first-order valence-corrected chi connectivity index (χ1v) is 12.1. The molecule has 4 rings (SSSR count). The number of amides is 1. The van der Waals surface area contributed by atoms with Gasteiger partial charge in [-0.25, -0.2) is 4.98 Å². The molecule has 1 amide bonds. The smallest absolute Gasteiger partial charge is 0.263 e. The number of rotatable bonds is 6. The van der Waals surface area contributed by atoms with Gasteiger partial charge in [-0.3, -0.25) is 14.2 Å². The van der Waals surface area contributed by atoms with Crippen LogP contribution in [0.2, 0.25) is 0 Å². The van der Waals surface area contributed by atoms with E-state index in [0.29, 0.717) is 11.7 Å². The van der Waals surface area contributed by atoms with E-state index in [1.807, 2.05) is 25.1 Å². The Labute approximate surface area is 185 Å². The van der Waals surface area contributed by atoms with Crippen molar-refractivity contribution in [2.24, 2.45) is 0 Å². The molecular formula is C23H27N3O2S2. The first-order valence-electron chi connectivity index (χ1n) is 10.4. The highest BCUT2D eigenvalue weighted by atomic mass is 32.2. The third-order valence-electron chi connectivity index (χ3n) is 5.58. The molecule has 2 heterocycles. The maximum Gasteiger partial charge on any atom is 0.263 e. The fourth-order valence-electron chi connectivity index (χ4n) is 3.96. The maximum atomic E-state index is 13.6. The number of aryl methyl sites for hydroxylation is 3. The van der Waals surface area contributed by atoms with Crippen LogP contribution in [0.5, 0.6) is 0 Å².